The number of carbonyl (C=O) groups excluding carboxylic acids is 1. The minimum absolute atomic E-state index is 0.117. The molecular weight excluding hydrogens is 328 g/mol. The Balaban J connectivity index is 1.60. The van der Waals surface area contributed by atoms with Crippen LogP contribution in [0.5, 0.6) is 5.75 Å². The largest absolute Gasteiger partial charge is 0.495 e. The molecule has 0 atom stereocenters. The second-order valence-electron chi connectivity index (χ2n) is 6.27. The van der Waals surface area contributed by atoms with Gasteiger partial charge in [0, 0.05) is 31.9 Å². The van der Waals surface area contributed by atoms with Crippen molar-refractivity contribution in [2.75, 3.05) is 43.5 Å². The van der Waals surface area contributed by atoms with Gasteiger partial charge in [-0.3, -0.25) is 0 Å². The third kappa shape index (κ3) is 3.89. The van der Waals surface area contributed by atoms with Gasteiger partial charge in [-0.2, -0.15) is 5.26 Å². The highest BCUT2D eigenvalue weighted by Gasteiger charge is 2.22. The number of carbonyl (C=O) groups is 1. The monoisotopic (exact) mass is 350 g/mol. The first-order valence-electron chi connectivity index (χ1n) is 8.56. The van der Waals surface area contributed by atoms with Gasteiger partial charge in [-0.05, 0) is 48.9 Å². The minimum atomic E-state index is -0.117. The fourth-order valence-electron chi connectivity index (χ4n) is 3.03. The third-order valence-electron chi connectivity index (χ3n) is 4.53. The van der Waals surface area contributed by atoms with Gasteiger partial charge < -0.3 is 19.9 Å². The number of nitriles is 1. The lowest BCUT2D eigenvalue weighted by atomic mass is 10.2. The molecule has 2 aromatic carbocycles. The number of benzene rings is 2. The molecule has 0 saturated carbocycles. The predicted molar refractivity (Wildman–Crippen MR) is 102 cm³/mol. The fraction of sp³-hybridized carbons (Fsp3) is 0.300. The Hall–Kier alpha value is -3.20. The van der Waals surface area contributed by atoms with Crippen LogP contribution in [0.1, 0.15) is 11.1 Å². The van der Waals surface area contributed by atoms with E-state index < -0.39 is 0 Å². The maximum absolute atomic E-state index is 12.6. The second-order valence-corrected chi connectivity index (χ2v) is 6.27. The maximum atomic E-state index is 12.6. The van der Waals surface area contributed by atoms with Crippen molar-refractivity contribution in [2.24, 2.45) is 0 Å². The van der Waals surface area contributed by atoms with E-state index in [-0.39, 0.29) is 6.03 Å². The van der Waals surface area contributed by atoms with Gasteiger partial charge in [-0.1, -0.05) is 6.07 Å². The number of anilines is 2. The molecular formula is C20H22N4O2. The van der Waals surface area contributed by atoms with Crippen LogP contribution in [-0.4, -0.2) is 44.2 Å². The zero-order valence-corrected chi connectivity index (χ0v) is 15.0. The molecule has 6 nitrogen and oxygen atoms in total. The number of rotatable bonds is 3. The zero-order chi connectivity index (χ0) is 18.5. The first kappa shape index (κ1) is 17.6. The molecule has 0 radical (unpaired) electrons. The number of amides is 2. The molecule has 1 heterocycles. The van der Waals surface area contributed by atoms with E-state index in [4.69, 9.17) is 10.00 Å². The Morgan fingerprint density at radius 1 is 1.12 bits per heavy atom. The molecule has 0 aromatic heterocycles. The Morgan fingerprint density at radius 2 is 1.81 bits per heavy atom. The van der Waals surface area contributed by atoms with Crippen molar-refractivity contribution >= 4 is 17.4 Å². The van der Waals surface area contributed by atoms with Crippen molar-refractivity contribution < 1.29 is 9.53 Å². The van der Waals surface area contributed by atoms with Gasteiger partial charge in [0.2, 0.25) is 0 Å². The first-order valence-corrected chi connectivity index (χ1v) is 8.56. The predicted octanol–water partition coefficient (Wildman–Crippen LogP) is 3.23. The number of urea groups is 1. The van der Waals surface area contributed by atoms with Crippen molar-refractivity contribution in [3.8, 4) is 11.8 Å². The molecule has 0 spiro atoms. The normalized spacial score (nSPS) is 13.9. The highest BCUT2D eigenvalue weighted by atomic mass is 16.5. The summed E-state index contributed by atoms with van der Waals surface area (Å²) in [6, 6.07) is 15.3. The Morgan fingerprint density at radius 3 is 2.42 bits per heavy atom. The standard InChI is InChI=1S/C20H22N4O2/c1-15-3-8-19(26-2)18(13-15)22-20(25)24-11-9-23(10-12-24)17-6-4-16(14-21)5-7-17/h3-8,13H,9-12H2,1-2H3,(H,22,25). The molecule has 1 aliphatic heterocycles. The molecule has 26 heavy (non-hydrogen) atoms. The highest BCUT2D eigenvalue weighted by Crippen LogP contribution is 2.26. The van der Waals surface area contributed by atoms with Gasteiger partial charge in [-0.25, -0.2) is 4.79 Å². The van der Waals surface area contributed by atoms with E-state index in [0.717, 1.165) is 24.3 Å². The number of hydrogen-bond donors (Lipinski definition) is 1. The third-order valence-corrected chi connectivity index (χ3v) is 4.53. The lowest BCUT2D eigenvalue weighted by molar-refractivity contribution is 0.208. The topological polar surface area (TPSA) is 68.6 Å². The quantitative estimate of drug-likeness (QED) is 0.923. The van der Waals surface area contributed by atoms with Gasteiger partial charge >= 0.3 is 6.03 Å². The maximum Gasteiger partial charge on any atom is 0.322 e. The van der Waals surface area contributed by atoms with Crippen molar-refractivity contribution in [1.29, 1.82) is 5.26 Å². The Bertz CT molecular complexity index is 819. The SMILES string of the molecule is COc1ccc(C)cc1NC(=O)N1CCN(c2ccc(C#N)cc2)CC1. The minimum Gasteiger partial charge on any atom is -0.495 e. The summed E-state index contributed by atoms with van der Waals surface area (Å²) in [6.45, 7) is 4.76. The zero-order valence-electron chi connectivity index (χ0n) is 15.0. The fourth-order valence-corrected chi connectivity index (χ4v) is 3.03. The Kier molecular flexibility index (Phi) is 5.28. The van der Waals surface area contributed by atoms with Crippen LogP contribution in [0.3, 0.4) is 0 Å². The summed E-state index contributed by atoms with van der Waals surface area (Å²) in [5.41, 5.74) is 3.47. The van der Waals surface area contributed by atoms with E-state index in [2.05, 4.69) is 16.3 Å². The lowest BCUT2D eigenvalue weighted by Crippen LogP contribution is -2.50. The van der Waals surface area contributed by atoms with Crippen LogP contribution in [0.2, 0.25) is 0 Å². The summed E-state index contributed by atoms with van der Waals surface area (Å²) >= 11 is 0. The summed E-state index contributed by atoms with van der Waals surface area (Å²) < 4.78 is 5.32. The second kappa shape index (κ2) is 7.79. The van der Waals surface area contributed by atoms with Gasteiger partial charge in [0.15, 0.2) is 0 Å². The Labute approximate surface area is 153 Å². The van der Waals surface area contributed by atoms with Crippen LogP contribution in [-0.2, 0) is 0 Å². The summed E-state index contributed by atoms with van der Waals surface area (Å²) in [4.78, 5) is 16.6. The van der Waals surface area contributed by atoms with Gasteiger partial charge in [0.05, 0.1) is 24.4 Å². The molecule has 0 aliphatic carbocycles. The lowest BCUT2D eigenvalue weighted by Gasteiger charge is -2.36. The molecule has 2 aromatic rings. The number of nitrogens with zero attached hydrogens (tertiary/aromatic N) is 3. The first-order chi connectivity index (χ1) is 12.6. The summed E-state index contributed by atoms with van der Waals surface area (Å²) in [7, 11) is 1.59. The molecule has 0 bridgehead atoms. The number of piperazine rings is 1. The van der Waals surface area contributed by atoms with Crippen molar-refractivity contribution in [3.63, 3.8) is 0 Å². The molecule has 1 aliphatic rings. The van der Waals surface area contributed by atoms with Crippen LogP contribution in [0.25, 0.3) is 0 Å². The van der Waals surface area contributed by atoms with E-state index in [1.54, 1.807) is 7.11 Å². The van der Waals surface area contributed by atoms with Crippen molar-refractivity contribution in [2.45, 2.75) is 6.92 Å². The molecule has 1 saturated heterocycles. The summed E-state index contributed by atoms with van der Waals surface area (Å²) in [5, 5.41) is 11.8. The molecule has 0 unspecified atom stereocenters. The highest BCUT2D eigenvalue weighted by molar-refractivity contribution is 5.91. The number of methoxy groups -OCH3 is 1. The number of aryl methyl sites for hydroxylation is 1. The van der Waals surface area contributed by atoms with E-state index in [1.807, 2.05) is 54.3 Å². The van der Waals surface area contributed by atoms with Crippen LogP contribution in [0, 0.1) is 18.3 Å². The van der Waals surface area contributed by atoms with Crippen LogP contribution in [0.15, 0.2) is 42.5 Å². The van der Waals surface area contributed by atoms with Gasteiger partial charge in [0.25, 0.3) is 0 Å². The van der Waals surface area contributed by atoms with E-state index in [0.29, 0.717) is 30.1 Å². The number of hydrogen-bond acceptors (Lipinski definition) is 4. The van der Waals surface area contributed by atoms with Gasteiger partial charge in [0.1, 0.15) is 5.75 Å². The van der Waals surface area contributed by atoms with E-state index >= 15 is 0 Å². The molecule has 2 amide bonds. The molecule has 1 N–H and O–H groups in total. The molecule has 6 heteroatoms. The van der Waals surface area contributed by atoms with Crippen LogP contribution >= 0.6 is 0 Å². The van der Waals surface area contributed by atoms with Crippen LogP contribution in [0.4, 0.5) is 16.2 Å². The summed E-state index contributed by atoms with van der Waals surface area (Å²) in [5.74, 6) is 0.653. The van der Waals surface area contributed by atoms with E-state index in [1.165, 1.54) is 0 Å². The van der Waals surface area contributed by atoms with Crippen molar-refractivity contribution in [3.05, 3.63) is 53.6 Å². The van der Waals surface area contributed by atoms with Crippen LogP contribution < -0.4 is 15.0 Å². The molecule has 134 valence electrons. The van der Waals surface area contributed by atoms with Crippen molar-refractivity contribution in [1.82, 2.24) is 4.90 Å². The average molecular weight is 350 g/mol. The number of ether oxygens (including phenoxy) is 1. The molecule has 3 rings (SSSR count). The summed E-state index contributed by atoms with van der Waals surface area (Å²) in [6.07, 6.45) is 0. The van der Waals surface area contributed by atoms with E-state index in [9.17, 15) is 4.79 Å². The molecule has 1 fully saturated rings. The smallest absolute Gasteiger partial charge is 0.322 e. The number of nitrogens with one attached hydrogen (secondary N) is 1. The average Bonchev–Trinajstić information content (AvgIpc) is 2.68. The van der Waals surface area contributed by atoms with Gasteiger partial charge in [-0.15, -0.1) is 0 Å².